The van der Waals surface area contributed by atoms with E-state index >= 15 is 0 Å². The molecule has 0 saturated heterocycles. The summed E-state index contributed by atoms with van der Waals surface area (Å²) in [6.45, 7) is 4.16. The lowest BCUT2D eigenvalue weighted by Gasteiger charge is -2.22. The summed E-state index contributed by atoms with van der Waals surface area (Å²) in [4.78, 5) is 12.2. The summed E-state index contributed by atoms with van der Waals surface area (Å²) in [5, 5.41) is 3.41. The van der Waals surface area contributed by atoms with E-state index in [-0.39, 0.29) is 24.9 Å². The maximum absolute atomic E-state index is 12.2. The molecule has 1 atom stereocenters. The molecule has 0 aliphatic rings. The van der Waals surface area contributed by atoms with Crippen molar-refractivity contribution in [3.63, 3.8) is 0 Å². The topological polar surface area (TPSA) is 66.5 Å². The number of carbonyl (C=O) groups is 1. The van der Waals surface area contributed by atoms with Gasteiger partial charge in [-0.1, -0.05) is 47.5 Å². The molecule has 146 valence electrons. The highest BCUT2D eigenvalue weighted by Crippen LogP contribution is 2.22. The van der Waals surface area contributed by atoms with Crippen LogP contribution >= 0.6 is 11.6 Å². The van der Waals surface area contributed by atoms with E-state index in [9.17, 15) is 13.2 Å². The molecular formula is C20H25ClN2O3S. The van der Waals surface area contributed by atoms with Crippen LogP contribution in [0.2, 0.25) is 5.02 Å². The number of sulfonamides is 1. The van der Waals surface area contributed by atoms with Gasteiger partial charge < -0.3 is 5.32 Å². The number of nitrogens with zero attached hydrogens (tertiary/aromatic N) is 1. The van der Waals surface area contributed by atoms with Crippen LogP contribution in [0.25, 0.3) is 0 Å². The van der Waals surface area contributed by atoms with Crippen LogP contribution in [-0.4, -0.2) is 27.1 Å². The fourth-order valence-electron chi connectivity index (χ4n) is 2.75. The van der Waals surface area contributed by atoms with Gasteiger partial charge in [-0.05, 0) is 44.0 Å². The number of carbonyl (C=O) groups excluding carboxylic acids is 1. The Morgan fingerprint density at radius 3 is 2.44 bits per heavy atom. The van der Waals surface area contributed by atoms with Crippen molar-refractivity contribution in [1.82, 2.24) is 5.32 Å². The maximum Gasteiger partial charge on any atom is 0.232 e. The van der Waals surface area contributed by atoms with Crippen molar-refractivity contribution >= 4 is 33.2 Å². The molecule has 0 bridgehead atoms. The molecule has 1 N–H and O–H groups in total. The minimum absolute atomic E-state index is 0.1000. The van der Waals surface area contributed by atoms with Crippen LogP contribution in [0.4, 0.5) is 5.69 Å². The molecule has 2 rings (SSSR count). The van der Waals surface area contributed by atoms with Crippen molar-refractivity contribution in [3.05, 3.63) is 64.7 Å². The van der Waals surface area contributed by atoms with Crippen LogP contribution in [0.5, 0.6) is 0 Å². The van der Waals surface area contributed by atoms with Crippen LogP contribution in [0.3, 0.4) is 0 Å². The average molecular weight is 409 g/mol. The minimum atomic E-state index is -3.46. The Morgan fingerprint density at radius 1 is 1.19 bits per heavy atom. The van der Waals surface area contributed by atoms with Gasteiger partial charge in [-0.15, -0.1) is 0 Å². The number of halogens is 1. The predicted octanol–water partition coefficient (Wildman–Crippen LogP) is 4.07. The first-order chi connectivity index (χ1) is 12.7. The molecule has 1 amide bonds. The van der Waals surface area contributed by atoms with Gasteiger partial charge in [0.1, 0.15) is 0 Å². The molecule has 0 spiro atoms. The molecule has 0 radical (unpaired) electrons. The Hall–Kier alpha value is -2.05. The smallest absolute Gasteiger partial charge is 0.232 e. The van der Waals surface area contributed by atoms with E-state index in [1.54, 1.807) is 24.3 Å². The van der Waals surface area contributed by atoms with Crippen LogP contribution in [-0.2, 0) is 14.8 Å². The zero-order chi connectivity index (χ0) is 20.0. The predicted molar refractivity (Wildman–Crippen MR) is 111 cm³/mol. The van der Waals surface area contributed by atoms with Gasteiger partial charge in [-0.3, -0.25) is 9.10 Å². The summed E-state index contributed by atoms with van der Waals surface area (Å²) >= 11 is 5.96. The standard InChI is InChI=1S/C20H25ClN2O3S/c1-15-9-11-17(12-10-15)16(2)22-20(24)8-5-13-23(27(3,25)26)19-7-4-6-18(21)14-19/h4,6-7,9-12,14,16H,5,8,13H2,1-3H3,(H,22,24)/t16-/m1/s1. The molecule has 5 nitrogen and oxygen atoms in total. The summed E-state index contributed by atoms with van der Waals surface area (Å²) in [7, 11) is -3.46. The fraction of sp³-hybridized carbons (Fsp3) is 0.350. The van der Waals surface area contributed by atoms with Gasteiger partial charge in [0.05, 0.1) is 18.0 Å². The molecule has 7 heteroatoms. The summed E-state index contributed by atoms with van der Waals surface area (Å²) in [5.74, 6) is -0.109. The highest BCUT2D eigenvalue weighted by Gasteiger charge is 2.18. The molecule has 0 heterocycles. The lowest BCUT2D eigenvalue weighted by Crippen LogP contribution is -2.32. The monoisotopic (exact) mass is 408 g/mol. The number of aryl methyl sites for hydroxylation is 1. The van der Waals surface area contributed by atoms with Crippen molar-refractivity contribution in [2.45, 2.75) is 32.7 Å². The van der Waals surface area contributed by atoms with Crippen molar-refractivity contribution in [3.8, 4) is 0 Å². The number of benzene rings is 2. The highest BCUT2D eigenvalue weighted by molar-refractivity contribution is 7.92. The van der Waals surface area contributed by atoms with E-state index < -0.39 is 10.0 Å². The fourth-order valence-corrected chi connectivity index (χ4v) is 3.89. The van der Waals surface area contributed by atoms with Gasteiger partial charge in [0.15, 0.2) is 0 Å². The van der Waals surface area contributed by atoms with E-state index in [1.165, 1.54) is 9.87 Å². The van der Waals surface area contributed by atoms with Crippen LogP contribution in [0, 0.1) is 6.92 Å². The molecule has 0 aliphatic heterocycles. The molecule has 2 aromatic rings. The lowest BCUT2D eigenvalue weighted by atomic mass is 10.1. The van der Waals surface area contributed by atoms with Crippen molar-refractivity contribution in [2.75, 3.05) is 17.1 Å². The first-order valence-corrected chi connectivity index (χ1v) is 11.0. The summed E-state index contributed by atoms with van der Waals surface area (Å²) in [6.07, 6.45) is 1.79. The van der Waals surface area contributed by atoms with Gasteiger partial charge >= 0.3 is 0 Å². The third kappa shape index (κ3) is 6.56. The third-order valence-electron chi connectivity index (χ3n) is 4.22. The number of nitrogens with one attached hydrogen (secondary N) is 1. The SMILES string of the molecule is Cc1ccc([C@@H](C)NC(=O)CCCN(c2cccc(Cl)c2)S(C)(=O)=O)cc1. The maximum atomic E-state index is 12.2. The quantitative estimate of drug-likeness (QED) is 0.715. The summed E-state index contributed by atoms with van der Waals surface area (Å²) in [6, 6.07) is 14.6. The first-order valence-electron chi connectivity index (χ1n) is 8.76. The zero-order valence-corrected chi connectivity index (χ0v) is 17.3. The third-order valence-corrected chi connectivity index (χ3v) is 5.65. The Labute approximate surface area is 166 Å². The zero-order valence-electron chi connectivity index (χ0n) is 15.8. The summed E-state index contributed by atoms with van der Waals surface area (Å²) in [5.41, 5.74) is 2.70. The Kier molecular flexibility index (Phi) is 7.27. The highest BCUT2D eigenvalue weighted by atomic mass is 35.5. The average Bonchev–Trinajstić information content (AvgIpc) is 2.58. The molecule has 0 saturated carbocycles. The minimum Gasteiger partial charge on any atom is -0.350 e. The number of anilines is 1. The van der Waals surface area contributed by atoms with E-state index in [2.05, 4.69) is 5.32 Å². The van der Waals surface area contributed by atoms with E-state index in [4.69, 9.17) is 11.6 Å². The van der Waals surface area contributed by atoms with E-state index in [1.807, 2.05) is 38.1 Å². The van der Waals surface area contributed by atoms with Crippen LogP contribution < -0.4 is 9.62 Å². The normalized spacial score (nSPS) is 12.4. The van der Waals surface area contributed by atoms with Crippen LogP contribution in [0.15, 0.2) is 48.5 Å². The van der Waals surface area contributed by atoms with E-state index in [0.29, 0.717) is 17.1 Å². The lowest BCUT2D eigenvalue weighted by molar-refractivity contribution is -0.121. The van der Waals surface area contributed by atoms with Gasteiger partial charge in [0.25, 0.3) is 0 Å². The Bertz CT molecular complexity index is 882. The summed E-state index contributed by atoms with van der Waals surface area (Å²) < 4.78 is 25.5. The molecule has 0 fully saturated rings. The van der Waals surface area contributed by atoms with E-state index in [0.717, 1.165) is 11.8 Å². The second kappa shape index (κ2) is 9.24. The number of rotatable bonds is 8. The second-order valence-corrected chi connectivity index (χ2v) is 8.96. The second-order valence-electron chi connectivity index (χ2n) is 6.62. The van der Waals surface area contributed by atoms with Gasteiger partial charge in [0.2, 0.25) is 15.9 Å². The van der Waals surface area contributed by atoms with Crippen molar-refractivity contribution < 1.29 is 13.2 Å². The van der Waals surface area contributed by atoms with Gasteiger partial charge in [-0.25, -0.2) is 8.42 Å². The molecule has 0 aromatic heterocycles. The molecule has 0 unspecified atom stereocenters. The Morgan fingerprint density at radius 2 is 1.85 bits per heavy atom. The number of hydrogen-bond donors (Lipinski definition) is 1. The largest absolute Gasteiger partial charge is 0.350 e. The first kappa shape index (κ1) is 21.3. The number of hydrogen-bond acceptors (Lipinski definition) is 3. The molecule has 0 aliphatic carbocycles. The van der Waals surface area contributed by atoms with Crippen LogP contribution in [0.1, 0.15) is 36.9 Å². The molecule has 27 heavy (non-hydrogen) atoms. The molecule has 2 aromatic carbocycles. The molecular weight excluding hydrogens is 384 g/mol. The van der Waals surface area contributed by atoms with Gasteiger partial charge in [-0.2, -0.15) is 0 Å². The van der Waals surface area contributed by atoms with Gasteiger partial charge in [0, 0.05) is 18.0 Å². The Balaban J connectivity index is 1.92. The van der Waals surface area contributed by atoms with Crippen molar-refractivity contribution in [2.24, 2.45) is 0 Å². The number of amides is 1. The van der Waals surface area contributed by atoms with Crippen molar-refractivity contribution in [1.29, 1.82) is 0 Å².